The van der Waals surface area contributed by atoms with Gasteiger partial charge in [-0.3, -0.25) is 14.9 Å². The third-order valence-corrected chi connectivity index (χ3v) is 5.03. The third kappa shape index (κ3) is 4.23. The van der Waals surface area contributed by atoms with E-state index in [1.807, 2.05) is 0 Å². The molecule has 1 aromatic carbocycles. The van der Waals surface area contributed by atoms with E-state index in [0.29, 0.717) is 18.5 Å². The van der Waals surface area contributed by atoms with Crippen LogP contribution >= 0.6 is 0 Å². The van der Waals surface area contributed by atoms with Gasteiger partial charge in [0, 0.05) is 5.69 Å². The Morgan fingerprint density at radius 1 is 1.11 bits per heavy atom. The number of imide groups is 1. The smallest absolute Gasteiger partial charge is 0.308 e. The average Bonchev–Trinajstić information content (AvgIpc) is 2.59. The lowest BCUT2D eigenvalue weighted by Gasteiger charge is -2.46. The molecule has 1 aromatic rings. The summed E-state index contributed by atoms with van der Waals surface area (Å²) in [5.41, 5.74) is -0.668. The third-order valence-electron chi connectivity index (χ3n) is 5.03. The molecule has 0 bridgehead atoms. The average molecular weight is 383 g/mol. The zero-order chi connectivity index (χ0) is 19.7. The second kappa shape index (κ2) is 7.21. The van der Waals surface area contributed by atoms with Crippen LogP contribution in [-0.4, -0.2) is 41.0 Å². The summed E-state index contributed by atoms with van der Waals surface area (Å²) in [6.45, 7) is -0.232. The van der Waals surface area contributed by atoms with Gasteiger partial charge in [-0.2, -0.15) is 13.2 Å². The zero-order valence-electron chi connectivity index (χ0n) is 14.6. The van der Waals surface area contributed by atoms with Crippen molar-refractivity contribution >= 4 is 23.5 Å². The maximum absolute atomic E-state index is 12.7. The molecule has 3 rings (SSSR count). The predicted octanol–water partition coefficient (Wildman–Crippen LogP) is 2.98. The van der Waals surface area contributed by atoms with Crippen molar-refractivity contribution in [1.29, 1.82) is 0 Å². The summed E-state index contributed by atoms with van der Waals surface area (Å²) >= 11 is 0. The quantitative estimate of drug-likeness (QED) is 0.771. The molecule has 27 heavy (non-hydrogen) atoms. The van der Waals surface area contributed by atoms with Crippen molar-refractivity contribution in [3.63, 3.8) is 0 Å². The number of nitrogens with one attached hydrogen (secondary N) is 2. The molecule has 9 heteroatoms. The van der Waals surface area contributed by atoms with Crippen molar-refractivity contribution in [3.8, 4) is 0 Å². The molecule has 146 valence electrons. The van der Waals surface area contributed by atoms with Crippen LogP contribution in [0.15, 0.2) is 24.3 Å². The minimum Gasteiger partial charge on any atom is -0.308 e. The number of benzene rings is 1. The Morgan fingerprint density at radius 3 is 2.33 bits per heavy atom. The van der Waals surface area contributed by atoms with Crippen LogP contribution in [0.25, 0.3) is 0 Å². The van der Waals surface area contributed by atoms with Gasteiger partial charge in [0.25, 0.3) is 5.91 Å². The molecule has 2 N–H and O–H groups in total. The fraction of sp³-hybridized carbons (Fsp3) is 0.500. The molecule has 1 aliphatic carbocycles. The molecule has 0 unspecified atom stereocenters. The van der Waals surface area contributed by atoms with Crippen LogP contribution in [0.5, 0.6) is 0 Å². The summed E-state index contributed by atoms with van der Waals surface area (Å²) in [6, 6.07) is 4.71. The fourth-order valence-corrected chi connectivity index (χ4v) is 3.73. The summed E-state index contributed by atoms with van der Waals surface area (Å²) in [5, 5.41) is 4.90. The largest absolute Gasteiger partial charge is 0.393 e. The first-order chi connectivity index (χ1) is 12.7. The van der Waals surface area contributed by atoms with E-state index in [9.17, 15) is 27.6 Å². The molecule has 2 aliphatic rings. The van der Waals surface area contributed by atoms with Crippen LogP contribution in [0.4, 0.5) is 23.7 Å². The van der Waals surface area contributed by atoms with Crippen molar-refractivity contribution in [1.82, 2.24) is 10.2 Å². The Balaban J connectivity index is 1.75. The number of rotatable bonds is 2. The van der Waals surface area contributed by atoms with Crippen molar-refractivity contribution < 1.29 is 27.6 Å². The highest BCUT2D eigenvalue weighted by molar-refractivity contribution is 6.08. The molecule has 2 fully saturated rings. The maximum atomic E-state index is 12.7. The molecular formula is C18H20F3N3O3. The van der Waals surface area contributed by atoms with Crippen LogP contribution in [0, 0.1) is 0 Å². The SMILES string of the molecule is O=C1CN(C(=O)Nc2ccc(CC(F)(F)F)cc2)C2(CCCCC2)C(=O)N1. The Labute approximate surface area is 154 Å². The number of hydrogen-bond donors (Lipinski definition) is 2. The van der Waals surface area contributed by atoms with Gasteiger partial charge in [0.1, 0.15) is 12.1 Å². The first kappa shape index (κ1) is 19.2. The number of urea groups is 1. The van der Waals surface area contributed by atoms with Gasteiger partial charge in [0.2, 0.25) is 5.91 Å². The lowest BCUT2D eigenvalue weighted by Crippen LogP contribution is -2.69. The van der Waals surface area contributed by atoms with E-state index in [2.05, 4.69) is 10.6 Å². The van der Waals surface area contributed by atoms with E-state index in [1.165, 1.54) is 29.2 Å². The number of carbonyl (C=O) groups excluding carboxylic acids is 3. The van der Waals surface area contributed by atoms with Gasteiger partial charge in [0.05, 0.1) is 6.42 Å². The first-order valence-electron chi connectivity index (χ1n) is 8.78. The van der Waals surface area contributed by atoms with E-state index in [0.717, 1.165) is 19.3 Å². The summed E-state index contributed by atoms with van der Waals surface area (Å²) < 4.78 is 37.3. The highest BCUT2D eigenvalue weighted by atomic mass is 19.4. The number of hydrogen-bond acceptors (Lipinski definition) is 3. The topological polar surface area (TPSA) is 78.5 Å². The van der Waals surface area contributed by atoms with Gasteiger partial charge >= 0.3 is 12.2 Å². The Hall–Kier alpha value is -2.58. The minimum absolute atomic E-state index is 0.0803. The van der Waals surface area contributed by atoms with Crippen molar-refractivity contribution in [2.24, 2.45) is 0 Å². The van der Waals surface area contributed by atoms with Gasteiger partial charge in [-0.1, -0.05) is 31.4 Å². The number of anilines is 1. The minimum atomic E-state index is -4.31. The summed E-state index contributed by atoms with van der Waals surface area (Å²) in [4.78, 5) is 38.3. The standard InChI is InChI=1S/C18H20F3N3O3/c19-18(20,21)10-12-4-6-13(7-5-12)22-16(27)24-11-14(25)23-15(26)17(24)8-2-1-3-9-17/h4-7H,1-3,8-11H2,(H,22,27)(H,23,25,26). The number of alkyl halides is 3. The van der Waals surface area contributed by atoms with Gasteiger partial charge in [-0.05, 0) is 30.5 Å². The summed E-state index contributed by atoms with van der Waals surface area (Å²) in [6.07, 6.45) is -1.90. The summed E-state index contributed by atoms with van der Waals surface area (Å²) in [5.74, 6) is -1.01. The fourth-order valence-electron chi connectivity index (χ4n) is 3.73. The molecule has 6 nitrogen and oxygen atoms in total. The molecule has 0 aromatic heterocycles. The highest BCUT2D eigenvalue weighted by Gasteiger charge is 2.51. The lowest BCUT2D eigenvalue weighted by atomic mass is 9.78. The first-order valence-corrected chi connectivity index (χ1v) is 8.78. The molecule has 4 amide bonds. The molecule has 1 saturated heterocycles. The van der Waals surface area contributed by atoms with E-state index in [-0.39, 0.29) is 12.1 Å². The second-order valence-corrected chi connectivity index (χ2v) is 6.97. The van der Waals surface area contributed by atoms with Crippen LogP contribution < -0.4 is 10.6 Å². The van der Waals surface area contributed by atoms with Crippen LogP contribution in [0.1, 0.15) is 37.7 Å². The maximum Gasteiger partial charge on any atom is 0.393 e. The Bertz CT molecular complexity index is 740. The monoisotopic (exact) mass is 383 g/mol. The van der Waals surface area contributed by atoms with Crippen LogP contribution in [0.3, 0.4) is 0 Å². The van der Waals surface area contributed by atoms with E-state index in [4.69, 9.17) is 0 Å². The molecular weight excluding hydrogens is 363 g/mol. The Kier molecular flexibility index (Phi) is 5.12. The van der Waals surface area contributed by atoms with Crippen molar-refractivity contribution in [2.45, 2.75) is 50.2 Å². The number of halogens is 3. The normalized spacial score (nSPS) is 19.7. The molecule has 0 atom stereocenters. The van der Waals surface area contributed by atoms with Gasteiger partial charge in [-0.15, -0.1) is 0 Å². The van der Waals surface area contributed by atoms with Crippen LogP contribution in [0.2, 0.25) is 0 Å². The molecule has 1 aliphatic heterocycles. The highest BCUT2D eigenvalue weighted by Crippen LogP contribution is 2.36. The summed E-state index contributed by atoms with van der Waals surface area (Å²) in [7, 11) is 0. The molecule has 1 saturated carbocycles. The number of nitrogens with zero attached hydrogens (tertiary/aromatic N) is 1. The van der Waals surface area contributed by atoms with Gasteiger partial charge in [-0.25, -0.2) is 4.79 Å². The van der Waals surface area contributed by atoms with Crippen molar-refractivity contribution in [2.75, 3.05) is 11.9 Å². The lowest BCUT2D eigenvalue weighted by molar-refractivity contribution is -0.146. The number of carbonyl (C=O) groups is 3. The van der Waals surface area contributed by atoms with Crippen LogP contribution in [-0.2, 0) is 16.0 Å². The van der Waals surface area contributed by atoms with E-state index >= 15 is 0 Å². The number of piperazine rings is 1. The molecule has 0 radical (unpaired) electrons. The van der Waals surface area contributed by atoms with E-state index < -0.39 is 36.0 Å². The predicted molar refractivity (Wildman–Crippen MR) is 90.9 cm³/mol. The molecule has 1 heterocycles. The van der Waals surface area contributed by atoms with E-state index in [1.54, 1.807) is 0 Å². The molecule has 1 spiro atoms. The van der Waals surface area contributed by atoms with Gasteiger partial charge in [0.15, 0.2) is 0 Å². The second-order valence-electron chi connectivity index (χ2n) is 6.97. The zero-order valence-corrected chi connectivity index (χ0v) is 14.6. The van der Waals surface area contributed by atoms with Gasteiger partial charge < -0.3 is 10.2 Å². The Morgan fingerprint density at radius 2 is 1.74 bits per heavy atom. The number of amides is 4. The van der Waals surface area contributed by atoms with Crippen molar-refractivity contribution in [3.05, 3.63) is 29.8 Å².